The van der Waals surface area contributed by atoms with Gasteiger partial charge in [0.2, 0.25) is 0 Å². The largest absolute Gasteiger partial charge is 0.497 e. The summed E-state index contributed by atoms with van der Waals surface area (Å²) in [5.74, 6) is 0.527. The van der Waals surface area contributed by atoms with Crippen LogP contribution in [0.3, 0.4) is 0 Å². The van der Waals surface area contributed by atoms with Crippen molar-refractivity contribution in [3.63, 3.8) is 0 Å². The van der Waals surface area contributed by atoms with Crippen LogP contribution in [0.2, 0.25) is 0 Å². The first-order valence-electron chi connectivity index (χ1n) is 8.76. The van der Waals surface area contributed by atoms with Gasteiger partial charge in [-0.3, -0.25) is 9.00 Å². The molecule has 1 fully saturated rings. The summed E-state index contributed by atoms with van der Waals surface area (Å²) < 4.78 is 18.0. The molecule has 1 amide bonds. The molecular formula is C19H20N4O3S2. The third-order valence-electron chi connectivity index (χ3n) is 5.04. The Morgan fingerprint density at radius 2 is 2.07 bits per heavy atom. The Morgan fingerprint density at radius 3 is 2.79 bits per heavy atom. The van der Waals surface area contributed by atoms with Gasteiger partial charge in [-0.25, -0.2) is 0 Å². The van der Waals surface area contributed by atoms with E-state index in [0.717, 1.165) is 16.6 Å². The third-order valence-corrected chi connectivity index (χ3v) is 7.74. The lowest BCUT2D eigenvalue weighted by Gasteiger charge is -2.38. The van der Waals surface area contributed by atoms with Gasteiger partial charge in [0.1, 0.15) is 15.5 Å². The Labute approximate surface area is 169 Å². The number of anilines is 1. The number of fused-ring (bicyclic) bond motifs is 1. The van der Waals surface area contributed by atoms with E-state index in [1.807, 2.05) is 32.0 Å². The summed E-state index contributed by atoms with van der Waals surface area (Å²) in [5.41, 5.74) is 8.46. The van der Waals surface area contributed by atoms with Gasteiger partial charge >= 0.3 is 0 Å². The van der Waals surface area contributed by atoms with E-state index in [9.17, 15) is 9.00 Å². The first kappa shape index (κ1) is 18.8. The molecule has 0 aliphatic carbocycles. The van der Waals surface area contributed by atoms with Crippen LogP contribution in [0.4, 0.5) is 5.69 Å². The molecule has 2 N–H and O–H groups in total. The van der Waals surface area contributed by atoms with Crippen LogP contribution in [-0.2, 0) is 10.8 Å². The number of thiophene rings is 1. The summed E-state index contributed by atoms with van der Waals surface area (Å²) >= 11 is 1.26. The molecule has 1 atom stereocenters. The monoisotopic (exact) mass is 416 g/mol. The Kier molecular flexibility index (Phi) is 4.80. The Bertz CT molecular complexity index is 1110. The van der Waals surface area contributed by atoms with Crippen molar-refractivity contribution < 1.29 is 13.7 Å². The molecule has 7 nitrogen and oxygen atoms in total. The predicted molar refractivity (Wildman–Crippen MR) is 110 cm³/mol. The Morgan fingerprint density at radius 1 is 1.32 bits per heavy atom. The van der Waals surface area contributed by atoms with E-state index < -0.39 is 10.8 Å². The van der Waals surface area contributed by atoms with E-state index in [-0.39, 0.29) is 11.2 Å². The molecule has 2 aromatic heterocycles. The first-order chi connectivity index (χ1) is 13.4. The van der Waals surface area contributed by atoms with Crippen molar-refractivity contribution in [3.05, 3.63) is 40.4 Å². The lowest BCUT2D eigenvalue weighted by Crippen LogP contribution is -2.55. The standard InChI is InChI=1S/C19H20N4O3S2/c1-10-11(2)21-22-18-15(10)16(20)17(27-18)19(24)23-8-14(9-23)28(25)13-6-4-5-12(7-13)26-3/h4-7,14H,8-9,20H2,1-3H3. The lowest BCUT2D eigenvalue weighted by molar-refractivity contribution is 0.0667. The third kappa shape index (κ3) is 3.04. The number of likely N-dealkylation sites (tertiary alicyclic amines) is 1. The minimum Gasteiger partial charge on any atom is -0.497 e. The second-order valence-corrected chi connectivity index (χ2v) is 9.48. The fourth-order valence-corrected chi connectivity index (χ4v) is 5.73. The van der Waals surface area contributed by atoms with Crippen LogP contribution in [0.25, 0.3) is 10.2 Å². The van der Waals surface area contributed by atoms with E-state index in [0.29, 0.717) is 39.1 Å². The molecule has 146 valence electrons. The number of hydrogen-bond donors (Lipinski definition) is 1. The summed E-state index contributed by atoms with van der Waals surface area (Å²) in [6, 6.07) is 7.22. The maximum absolute atomic E-state index is 12.9. The van der Waals surface area contributed by atoms with Crippen LogP contribution in [0.5, 0.6) is 5.75 Å². The minimum atomic E-state index is -1.20. The summed E-state index contributed by atoms with van der Waals surface area (Å²) in [5, 5.41) is 8.98. The fourth-order valence-electron chi connectivity index (χ4n) is 3.20. The van der Waals surface area contributed by atoms with Gasteiger partial charge in [0, 0.05) is 23.4 Å². The van der Waals surface area contributed by atoms with Gasteiger partial charge in [-0.15, -0.1) is 16.4 Å². The molecule has 1 aliphatic heterocycles. The molecule has 1 saturated heterocycles. The maximum atomic E-state index is 12.9. The zero-order valence-electron chi connectivity index (χ0n) is 15.8. The molecule has 3 heterocycles. The van der Waals surface area contributed by atoms with Gasteiger partial charge < -0.3 is 15.4 Å². The minimum absolute atomic E-state index is 0.101. The Balaban J connectivity index is 1.51. The normalized spacial score (nSPS) is 15.5. The number of methoxy groups -OCH3 is 1. The molecule has 4 rings (SSSR count). The van der Waals surface area contributed by atoms with Crippen molar-refractivity contribution in [1.82, 2.24) is 15.1 Å². The second kappa shape index (κ2) is 7.14. The highest BCUT2D eigenvalue weighted by molar-refractivity contribution is 7.85. The van der Waals surface area contributed by atoms with E-state index in [1.54, 1.807) is 18.1 Å². The maximum Gasteiger partial charge on any atom is 0.266 e. The van der Waals surface area contributed by atoms with Crippen molar-refractivity contribution in [3.8, 4) is 5.75 Å². The Hall–Kier alpha value is -2.52. The van der Waals surface area contributed by atoms with Crippen LogP contribution >= 0.6 is 11.3 Å². The van der Waals surface area contributed by atoms with Gasteiger partial charge in [0.15, 0.2) is 0 Å². The number of ether oxygens (including phenoxy) is 1. The first-order valence-corrected chi connectivity index (χ1v) is 10.8. The molecular weight excluding hydrogens is 396 g/mol. The van der Waals surface area contributed by atoms with Crippen molar-refractivity contribution in [2.75, 3.05) is 25.9 Å². The fraction of sp³-hybridized carbons (Fsp3) is 0.316. The van der Waals surface area contributed by atoms with Crippen LogP contribution in [0, 0.1) is 13.8 Å². The van der Waals surface area contributed by atoms with Crippen LogP contribution in [-0.4, -0.2) is 50.7 Å². The lowest BCUT2D eigenvalue weighted by atomic mass is 10.1. The quantitative estimate of drug-likeness (QED) is 0.702. The number of benzene rings is 1. The molecule has 1 unspecified atom stereocenters. The second-order valence-electron chi connectivity index (χ2n) is 6.74. The molecule has 0 spiro atoms. The van der Waals surface area contributed by atoms with Gasteiger partial charge in [0.05, 0.1) is 34.5 Å². The number of aryl methyl sites for hydroxylation is 2. The highest BCUT2D eigenvalue weighted by Gasteiger charge is 2.37. The van der Waals surface area contributed by atoms with E-state index in [1.165, 1.54) is 11.3 Å². The molecule has 0 bridgehead atoms. The van der Waals surface area contributed by atoms with Crippen molar-refractivity contribution in [2.45, 2.75) is 24.0 Å². The average Bonchev–Trinajstić information content (AvgIpc) is 3.00. The van der Waals surface area contributed by atoms with Gasteiger partial charge in [-0.05, 0) is 37.6 Å². The number of nitrogen functional groups attached to an aromatic ring is 1. The number of aromatic nitrogens is 2. The summed E-state index contributed by atoms with van der Waals surface area (Å²) in [6.07, 6.45) is 0. The van der Waals surface area contributed by atoms with Crippen molar-refractivity contribution >= 4 is 43.9 Å². The summed E-state index contributed by atoms with van der Waals surface area (Å²) in [6.45, 7) is 4.66. The number of nitrogens with zero attached hydrogens (tertiary/aromatic N) is 3. The van der Waals surface area contributed by atoms with Gasteiger partial charge in [0.25, 0.3) is 5.91 Å². The molecule has 3 aromatic rings. The molecule has 0 saturated carbocycles. The average molecular weight is 417 g/mol. The smallest absolute Gasteiger partial charge is 0.266 e. The van der Waals surface area contributed by atoms with Crippen LogP contribution in [0.15, 0.2) is 29.2 Å². The number of rotatable bonds is 4. The molecule has 9 heteroatoms. The summed E-state index contributed by atoms with van der Waals surface area (Å²) in [7, 11) is 0.380. The SMILES string of the molecule is COc1cccc(S(=O)C2CN(C(=O)c3sc4nnc(C)c(C)c4c3N)C2)c1. The number of carbonyl (C=O) groups excluding carboxylic acids is 1. The van der Waals surface area contributed by atoms with Gasteiger partial charge in [-0.2, -0.15) is 5.10 Å². The zero-order valence-corrected chi connectivity index (χ0v) is 17.4. The number of amides is 1. The van der Waals surface area contributed by atoms with E-state index >= 15 is 0 Å². The predicted octanol–water partition coefficient (Wildman–Crippen LogP) is 2.53. The molecule has 28 heavy (non-hydrogen) atoms. The molecule has 1 aromatic carbocycles. The van der Waals surface area contributed by atoms with E-state index in [4.69, 9.17) is 10.5 Å². The van der Waals surface area contributed by atoms with Gasteiger partial charge in [-0.1, -0.05) is 6.07 Å². The molecule has 0 radical (unpaired) electrons. The van der Waals surface area contributed by atoms with Crippen molar-refractivity contribution in [1.29, 1.82) is 0 Å². The summed E-state index contributed by atoms with van der Waals surface area (Å²) in [4.78, 5) is 16.4. The van der Waals surface area contributed by atoms with Crippen LogP contribution < -0.4 is 10.5 Å². The topological polar surface area (TPSA) is 98.4 Å². The number of nitrogens with two attached hydrogens (primary N) is 1. The van der Waals surface area contributed by atoms with E-state index in [2.05, 4.69) is 10.2 Å². The van der Waals surface area contributed by atoms with Crippen molar-refractivity contribution in [2.24, 2.45) is 0 Å². The number of hydrogen-bond acceptors (Lipinski definition) is 7. The highest BCUT2D eigenvalue weighted by Crippen LogP contribution is 2.36. The molecule has 1 aliphatic rings. The highest BCUT2D eigenvalue weighted by atomic mass is 32.2. The van der Waals surface area contributed by atoms with Crippen LogP contribution in [0.1, 0.15) is 20.9 Å². The number of carbonyl (C=O) groups is 1. The zero-order chi connectivity index (χ0) is 20.0.